The van der Waals surface area contributed by atoms with Crippen molar-refractivity contribution in [3.8, 4) is 11.5 Å². The van der Waals surface area contributed by atoms with Gasteiger partial charge in [-0.1, -0.05) is 18.9 Å². The summed E-state index contributed by atoms with van der Waals surface area (Å²) in [5.41, 5.74) is 0.899. The molecule has 0 bridgehead atoms. The van der Waals surface area contributed by atoms with Crippen molar-refractivity contribution in [3.63, 3.8) is 0 Å². The third kappa shape index (κ3) is 4.20. The highest BCUT2D eigenvalue weighted by molar-refractivity contribution is 5.99. The van der Waals surface area contributed by atoms with Crippen LogP contribution in [0.25, 0.3) is 11.5 Å². The van der Waals surface area contributed by atoms with Gasteiger partial charge in [-0.3, -0.25) is 9.59 Å². The van der Waals surface area contributed by atoms with Crippen LogP contribution < -0.4 is 5.32 Å². The van der Waals surface area contributed by atoms with Gasteiger partial charge in [-0.15, -0.1) is 10.2 Å². The summed E-state index contributed by atoms with van der Waals surface area (Å²) in [7, 11) is 0. The number of halogens is 7. The second kappa shape index (κ2) is 8.55. The van der Waals surface area contributed by atoms with Crippen molar-refractivity contribution in [2.45, 2.75) is 62.8 Å². The van der Waals surface area contributed by atoms with Crippen molar-refractivity contribution in [2.24, 2.45) is 0 Å². The van der Waals surface area contributed by atoms with Crippen LogP contribution in [0.2, 0.25) is 0 Å². The molecule has 2 aromatic rings. The summed E-state index contributed by atoms with van der Waals surface area (Å²) in [6, 6.07) is 2.45. The molecule has 1 aromatic carbocycles. The number of nitrogens with zero attached hydrogens (tertiary/aromatic N) is 3. The predicted octanol–water partition coefficient (Wildman–Crippen LogP) is 4.26. The number of alkyl halides is 7. The number of rotatable bonds is 5. The normalized spacial score (nSPS) is 21.2. The number of hydrogen-bond acceptors (Lipinski definition) is 5. The van der Waals surface area contributed by atoms with Crippen LogP contribution >= 0.6 is 0 Å². The Morgan fingerprint density at radius 2 is 1.82 bits per heavy atom. The number of nitrogens with one attached hydrogen (secondary N) is 1. The van der Waals surface area contributed by atoms with Crippen LogP contribution in [0.5, 0.6) is 0 Å². The van der Waals surface area contributed by atoms with Gasteiger partial charge >= 0.3 is 24.4 Å². The minimum absolute atomic E-state index is 0.0350. The Morgan fingerprint density at radius 3 is 2.47 bits per heavy atom. The fourth-order valence-electron chi connectivity index (χ4n) is 4.20. The van der Waals surface area contributed by atoms with Crippen LogP contribution in [0, 0.1) is 0 Å². The van der Waals surface area contributed by atoms with Crippen LogP contribution in [-0.4, -0.2) is 51.1 Å². The second-order valence-electron chi connectivity index (χ2n) is 8.06. The number of carbonyl (C=O) groups excluding carboxylic acids is 2. The molecule has 1 saturated carbocycles. The minimum atomic E-state index is -6.05. The highest BCUT2D eigenvalue weighted by Gasteiger charge is 2.63. The summed E-state index contributed by atoms with van der Waals surface area (Å²) in [6.07, 6.45) is -7.56. The van der Waals surface area contributed by atoms with E-state index in [1.54, 1.807) is 5.32 Å². The van der Waals surface area contributed by atoms with Crippen LogP contribution in [0.3, 0.4) is 0 Å². The third-order valence-corrected chi connectivity index (χ3v) is 5.90. The molecule has 2 aliphatic rings. The van der Waals surface area contributed by atoms with E-state index in [0.717, 1.165) is 0 Å². The van der Waals surface area contributed by atoms with E-state index in [1.165, 1.54) is 23.1 Å². The summed E-state index contributed by atoms with van der Waals surface area (Å²) < 4.78 is 94.9. The number of fused-ring (bicyclic) bond motifs is 1. The first-order chi connectivity index (χ1) is 15.9. The zero-order valence-corrected chi connectivity index (χ0v) is 17.2. The van der Waals surface area contributed by atoms with E-state index >= 15 is 0 Å². The number of benzene rings is 1. The van der Waals surface area contributed by atoms with Crippen molar-refractivity contribution in [2.75, 3.05) is 0 Å². The van der Waals surface area contributed by atoms with E-state index < -0.39 is 48.3 Å². The maximum atomic E-state index is 13.4. The smallest absolute Gasteiger partial charge is 0.415 e. The summed E-state index contributed by atoms with van der Waals surface area (Å²) >= 11 is 0. The molecule has 34 heavy (non-hydrogen) atoms. The van der Waals surface area contributed by atoms with Crippen LogP contribution in [0.15, 0.2) is 22.6 Å². The Bertz CT molecular complexity index is 1100. The highest BCUT2D eigenvalue weighted by atomic mass is 19.4. The summed E-state index contributed by atoms with van der Waals surface area (Å²) in [5, 5.41) is 8.53. The highest BCUT2D eigenvalue weighted by Crippen LogP contribution is 2.37. The van der Waals surface area contributed by atoms with E-state index in [2.05, 4.69) is 10.2 Å². The van der Waals surface area contributed by atoms with E-state index in [-0.39, 0.29) is 36.4 Å². The minimum Gasteiger partial charge on any atom is -0.415 e. The van der Waals surface area contributed by atoms with Crippen molar-refractivity contribution in [3.05, 3.63) is 35.2 Å². The number of aromatic nitrogens is 2. The second-order valence-corrected chi connectivity index (χ2v) is 8.06. The molecule has 4 rings (SSSR count). The molecule has 0 saturated heterocycles. The molecule has 1 fully saturated rings. The zero-order chi connectivity index (χ0) is 24.8. The monoisotopic (exact) mass is 494 g/mol. The molecule has 1 aliphatic heterocycles. The first-order valence-electron chi connectivity index (χ1n) is 10.2. The van der Waals surface area contributed by atoms with Gasteiger partial charge in [-0.05, 0) is 30.5 Å². The molecule has 0 radical (unpaired) electrons. The van der Waals surface area contributed by atoms with Gasteiger partial charge in [0.1, 0.15) is 0 Å². The van der Waals surface area contributed by atoms with Crippen LogP contribution in [0.4, 0.5) is 30.7 Å². The lowest BCUT2D eigenvalue weighted by atomic mass is 9.89. The van der Waals surface area contributed by atoms with E-state index in [1.807, 2.05) is 0 Å². The fourth-order valence-corrected chi connectivity index (χ4v) is 4.20. The molecular formula is C20H17F7N4O3. The molecule has 7 nitrogen and oxygen atoms in total. The maximum Gasteiger partial charge on any atom is 0.463 e. The number of amides is 2. The lowest BCUT2D eigenvalue weighted by Crippen LogP contribution is -2.59. The van der Waals surface area contributed by atoms with Gasteiger partial charge in [0.15, 0.2) is 0 Å². The molecular weight excluding hydrogens is 477 g/mol. The molecule has 2 atom stereocenters. The predicted molar refractivity (Wildman–Crippen MR) is 99.8 cm³/mol. The summed E-state index contributed by atoms with van der Waals surface area (Å²) in [5.74, 6) is -9.70. The van der Waals surface area contributed by atoms with Crippen molar-refractivity contribution >= 4 is 11.8 Å². The Morgan fingerprint density at radius 1 is 1.12 bits per heavy atom. The summed E-state index contributed by atoms with van der Waals surface area (Å²) in [4.78, 5) is 26.1. The SMILES string of the molecule is O=C1c2cc(-c3nnc(C(F)F)o3)ccc2CN1[C@@H]1CCCC[C@@H]1NC(=O)C(F)(F)C(F)(F)F. The molecule has 1 aromatic heterocycles. The largest absolute Gasteiger partial charge is 0.463 e. The van der Waals surface area contributed by atoms with E-state index in [4.69, 9.17) is 4.42 Å². The lowest BCUT2D eigenvalue weighted by molar-refractivity contribution is -0.270. The molecule has 0 unspecified atom stereocenters. The molecule has 1 aliphatic carbocycles. The van der Waals surface area contributed by atoms with Gasteiger partial charge in [0.25, 0.3) is 11.8 Å². The maximum absolute atomic E-state index is 13.4. The molecule has 14 heteroatoms. The van der Waals surface area contributed by atoms with Gasteiger partial charge in [-0.2, -0.15) is 30.7 Å². The Labute approximate surface area is 187 Å². The lowest BCUT2D eigenvalue weighted by Gasteiger charge is -2.38. The quantitative estimate of drug-likeness (QED) is 0.628. The average Bonchev–Trinajstić information content (AvgIpc) is 3.39. The van der Waals surface area contributed by atoms with Gasteiger partial charge in [0, 0.05) is 23.7 Å². The van der Waals surface area contributed by atoms with Gasteiger partial charge in [-0.25, -0.2) is 0 Å². The average molecular weight is 494 g/mol. The van der Waals surface area contributed by atoms with Crippen molar-refractivity contribution in [1.29, 1.82) is 0 Å². The first kappa shape index (κ1) is 24.0. The van der Waals surface area contributed by atoms with Crippen LogP contribution in [0.1, 0.15) is 53.9 Å². The molecule has 2 heterocycles. The Kier molecular flexibility index (Phi) is 6.02. The molecule has 184 valence electrons. The summed E-state index contributed by atoms with van der Waals surface area (Å²) in [6.45, 7) is 0.0350. The van der Waals surface area contributed by atoms with Crippen molar-refractivity contribution < 1.29 is 44.7 Å². The van der Waals surface area contributed by atoms with Crippen LogP contribution in [-0.2, 0) is 11.3 Å². The third-order valence-electron chi connectivity index (χ3n) is 5.90. The zero-order valence-electron chi connectivity index (χ0n) is 17.2. The number of hydrogen-bond donors (Lipinski definition) is 1. The van der Waals surface area contributed by atoms with Gasteiger partial charge in [0.2, 0.25) is 5.89 Å². The molecule has 1 N–H and O–H groups in total. The fraction of sp³-hybridized carbons (Fsp3) is 0.500. The van der Waals surface area contributed by atoms with E-state index in [9.17, 15) is 40.3 Å². The van der Waals surface area contributed by atoms with Crippen molar-refractivity contribution in [1.82, 2.24) is 20.4 Å². The number of carbonyl (C=O) groups is 2. The van der Waals surface area contributed by atoms with E-state index in [0.29, 0.717) is 18.4 Å². The van der Waals surface area contributed by atoms with Gasteiger partial charge < -0.3 is 14.6 Å². The Balaban J connectivity index is 1.54. The molecule has 0 spiro atoms. The molecule has 2 amide bonds. The first-order valence-corrected chi connectivity index (χ1v) is 10.2. The Hall–Kier alpha value is -3.19. The standard InChI is InChI=1S/C20H17F7N4O3/c21-14(22)16-30-29-15(34-16)9-5-6-10-8-31(17(32)11(10)7-9)13-4-2-1-3-12(13)28-18(33)19(23,24)20(25,26)27/h5-7,12-14H,1-4,8H2,(H,28,33)/t12-,13+/m0/s1. The van der Waals surface area contributed by atoms with Gasteiger partial charge in [0.05, 0.1) is 6.04 Å². The topological polar surface area (TPSA) is 88.3 Å².